The smallest absolute Gasteiger partial charge is 0.418 e. The molecule has 1 aromatic rings. The van der Waals surface area contributed by atoms with Gasteiger partial charge in [-0.25, -0.2) is 4.57 Å². The second-order valence-corrected chi connectivity index (χ2v) is 3.82. The first-order chi connectivity index (χ1) is 8.36. The summed E-state index contributed by atoms with van der Waals surface area (Å²) >= 11 is 0. The van der Waals surface area contributed by atoms with Crippen LogP contribution in [0, 0.1) is 0 Å². The summed E-state index contributed by atoms with van der Waals surface area (Å²) in [5, 5.41) is 0. The molecule has 0 aliphatic carbocycles. The van der Waals surface area contributed by atoms with Gasteiger partial charge in [-0.05, 0) is 12.8 Å². The maximum absolute atomic E-state index is 9.75. The highest BCUT2D eigenvalue weighted by molar-refractivity contribution is 6.50. The van der Waals surface area contributed by atoms with Crippen LogP contribution in [0.1, 0.15) is 33.1 Å². The molecule has 1 N–H and O–H groups in total. The van der Waals surface area contributed by atoms with Crippen LogP contribution in [0.5, 0.6) is 0 Å². The van der Waals surface area contributed by atoms with Crippen LogP contribution >= 0.6 is 0 Å². The topological polar surface area (TPSA) is 20.8 Å². The number of unbranched alkanes of at least 4 members (excludes halogenated alkanes) is 1. The van der Waals surface area contributed by atoms with Crippen LogP contribution < -0.4 is 9.99 Å². The van der Waals surface area contributed by atoms with Gasteiger partial charge >= 0.3 is 7.25 Å². The van der Waals surface area contributed by atoms with Crippen molar-refractivity contribution >= 4 is 7.25 Å². The first kappa shape index (κ1) is 16.8. The molecular formula is C10H20BF4N3. The van der Waals surface area contributed by atoms with Gasteiger partial charge in [-0.15, -0.1) is 4.68 Å². The van der Waals surface area contributed by atoms with E-state index in [1.165, 1.54) is 12.8 Å². The zero-order valence-corrected chi connectivity index (χ0v) is 10.8. The van der Waals surface area contributed by atoms with Crippen LogP contribution in [0.3, 0.4) is 0 Å². The predicted octanol–water partition coefficient (Wildman–Crippen LogP) is 2.83. The quantitative estimate of drug-likeness (QED) is 0.478. The Morgan fingerprint density at radius 3 is 2.28 bits per heavy atom. The Balaban J connectivity index is 0.000000494. The molecule has 1 aromatic heterocycles. The number of imidazole rings is 1. The minimum atomic E-state index is -6.00. The molecule has 0 fully saturated rings. The van der Waals surface area contributed by atoms with Gasteiger partial charge in [-0.2, -0.15) is 0 Å². The number of rotatable bonds is 6. The van der Waals surface area contributed by atoms with E-state index < -0.39 is 7.25 Å². The molecule has 0 aliphatic heterocycles. The van der Waals surface area contributed by atoms with Gasteiger partial charge in [0.05, 0.1) is 13.1 Å². The Kier molecular flexibility index (Phi) is 8.23. The summed E-state index contributed by atoms with van der Waals surface area (Å²) in [6.07, 6.45) is 9.94. The Bertz CT molecular complexity index is 286. The van der Waals surface area contributed by atoms with E-state index in [2.05, 4.69) is 42.6 Å². The van der Waals surface area contributed by atoms with Gasteiger partial charge < -0.3 is 17.3 Å². The van der Waals surface area contributed by atoms with Crippen LogP contribution in [-0.4, -0.2) is 18.5 Å². The maximum Gasteiger partial charge on any atom is 0.673 e. The Morgan fingerprint density at radius 1 is 1.17 bits per heavy atom. The van der Waals surface area contributed by atoms with Crippen LogP contribution in [0.25, 0.3) is 0 Å². The van der Waals surface area contributed by atoms with Crippen molar-refractivity contribution in [3.8, 4) is 0 Å². The van der Waals surface area contributed by atoms with Crippen molar-refractivity contribution in [2.45, 2.75) is 39.7 Å². The molecular weight excluding hydrogens is 249 g/mol. The molecule has 0 aliphatic rings. The summed E-state index contributed by atoms with van der Waals surface area (Å²) in [6, 6.07) is 0. The molecule has 0 radical (unpaired) electrons. The highest BCUT2D eigenvalue weighted by Crippen LogP contribution is 2.06. The molecule has 0 amide bonds. The fourth-order valence-corrected chi connectivity index (χ4v) is 1.20. The Hall–Kier alpha value is -1.21. The molecule has 1 rings (SSSR count). The number of hydrogen-bond acceptors (Lipinski definition) is 1. The van der Waals surface area contributed by atoms with E-state index in [-0.39, 0.29) is 0 Å². The van der Waals surface area contributed by atoms with Crippen LogP contribution in [0.4, 0.5) is 17.3 Å². The molecule has 0 bridgehead atoms. The minimum Gasteiger partial charge on any atom is -0.418 e. The highest BCUT2D eigenvalue weighted by atomic mass is 19.5. The molecule has 0 aromatic carbocycles. The fourth-order valence-electron chi connectivity index (χ4n) is 1.20. The third-order valence-electron chi connectivity index (χ3n) is 2.01. The summed E-state index contributed by atoms with van der Waals surface area (Å²) in [5.74, 6) is 0. The standard InChI is InChI=1S/C10H20N3.BF4/c1-3-5-7-12-8-9-13(10-12)11-6-4-2;2-1(3,4)5/h8-11H,3-7H2,1-2H3;/q+1;-1. The number of aromatic nitrogens is 2. The summed E-state index contributed by atoms with van der Waals surface area (Å²) in [7, 11) is -6.00. The molecule has 106 valence electrons. The van der Waals surface area contributed by atoms with Gasteiger partial charge in [0.25, 0.3) is 6.33 Å². The Morgan fingerprint density at radius 2 is 1.78 bits per heavy atom. The van der Waals surface area contributed by atoms with Crippen LogP contribution in [-0.2, 0) is 6.54 Å². The monoisotopic (exact) mass is 269 g/mol. The first-order valence-electron chi connectivity index (χ1n) is 6.05. The van der Waals surface area contributed by atoms with Crippen molar-refractivity contribution in [3.63, 3.8) is 0 Å². The normalized spacial score (nSPS) is 10.8. The van der Waals surface area contributed by atoms with Crippen molar-refractivity contribution in [1.82, 2.24) is 4.68 Å². The van der Waals surface area contributed by atoms with Gasteiger partial charge in [0, 0.05) is 0 Å². The third kappa shape index (κ3) is 11.3. The predicted molar refractivity (Wildman–Crippen MR) is 64.2 cm³/mol. The zero-order chi connectivity index (χ0) is 14.0. The second kappa shape index (κ2) is 8.82. The van der Waals surface area contributed by atoms with E-state index in [4.69, 9.17) is 0 Å². The average molecular weight is 269 g/mol. The SMILES string of the molecule is CCCC[n+]1ccn(NCCC)c1.F[B-](F)(F)F. The van der Waals surface area contributed by atoms with E-state index in [0.717, 1.165) is 19.5 Å². The molecule has 8 heteroatoms. The van der Waals surface area contributed by atoms with Crippen molar-refractivity contribution in [3.05, 3.63) is 18.7 Å². The van der Waals surface area contributed by atoms with E-state index in [9.17, 15) is 17.3 Å². The lowest BCUT2D eigenvalue weighted by Gasteiger charge is -1.96. The van der Waals surface area contributed by atoms with E-state index >= 15 is 0 Å². The second-order valence-electron chi connectivity index (χ2n) is 3.82. The average Bonchev–Trinajstić information content (AvgIpc) is 2.69. The first-order valence-corrected chi connectivity index (χ1v) is 6.05. The molecule has 0 atom stereocenters. The maximum atomic E-state index is 9.75. The molecule has 0 saturated carbocycles. The minimum absolute atomic E-state index is 1.03. The van der Waals surface area contributed by atoms with E-state index in [1.54, 1.807) is 0 Å². The number of aryl methyl sites for hydroxylation is 1. The molecule has 0 unspecified atom stereocenters. The summed E-state index contributed by atoms with van der Waals surface area (Å²) in [5.41, 5.74) is 3.29. The van der Waals surface area contributed by atoms with Crippen molar-refractivity contribution in [1.29, 1.82) is 0 Å². The fraction of sp³-hybridized carbons (Fsp3) is 0.700. The molecule has 18 heavy (non-hydrogen) atoms. The lowest BCUT2D eigenvalue weighted by Crippen LogP contribution is -2.31. The molecule has 1 heterocycles. The third-order valence-corrected chi connectivity index (χ3v) is 2.01. The van der Waals surface area contributed by atoms with Crippen molar-refractivity contribution in [2.24, 2.45) is 0 Å². The molecule has 0 saturated heterocycles. The van der Waals surface area contributed by atoms with Gasteiger partial charge in [0.2, 0.25) is 0 Å². The summed E-state index contributed by atoms with van der Waals surface area (Å²) < 4.78 is 43.2. The number of nitrogens with zero attached hydrogens (tertiary/aromatic N) is 2. The lowest BCUT2D eigenvalue weighted by molar-refractivity contribution is -0.696. The van der Waals surface area contributed by atoms with Crippen LogP contribution in [0.2, 0.25) is 0 Å². The largest absolute Gasteiger partial charge is 0.673 e. The van der Waals surface area contributed by atoms with Gasteiger partial charge in [-0.3, -0.25) is 5.43 Å². The number of nitrogens with one attached hydrogen (secondary N) is 1. The van der Waals surface area contributed by atoms with E-state index in [0.29, 0.717) is 0 Å². The summed E-state index contributed by atoms with van der Waals surface area (Å²) in [6.45, 7) is 6.54. The van der Waals surface area contributed by atoms with E-state index in [1.807, 2.05) is 4.68 Å². The molecule has 0 spiro atoms. The lowest BCUT2D eigenvalue weighted by atomic mass is 10.3. The van der Waals surface area contributed by atoms with Gasteiger partial charge in [0.15, 0.2) is 6.20 Å². The number of halogens is 4. The number of hydrogen-bond donors (Lipinski definition) is 1. The van der Waals surface area contributed by atoms with Crippen molar-refractivity contribution < 1.29 is 21.8 Å². The Labute approximate surface area is 105 Å². The highest BCUT2D eigenvalue weighted by Gasteiger charge is 2.20. The van der Waals surface area contributed by atoms with Gasteiger partial charge in [0.1, 0.15) is 6.20 Å². The van der Waals surface area contributed by atoms with Crippen molar-refractivity contribution in [2.75, 3.05) is 12.0 Å². The zero-order valence-electron chi connectivity index (χ0n) is 10.8. The summed E-state index contributed by atoms with van der Waals surface area (Å²) in [4.78, 5) is 0. The molecule has 3 nitrogen and oxygen atoms in total. The van der Waals surface area contributed by atoms with Crippen LogP contribution in [0.15, 0.2) is 18.7 Å². The van der Waals surface area contributed by atoms with Gasteiger partial charge in [-0.1, -0.05) is 20.3 Å².